The summed E-state index contributed by atoms with van der Waals surface area (Å²) in [4.78, 5) is 0. The second kappa shape index (κ2) is 3.70. The van der Waals surface area contributed by atoms with Gasteiger partial charge in [-0.05, 0) is 17.0 Å². The smallest absolute Gasteiger partial charge is 0.0526 e. The van der Waals surface area contributed by atoms with Crippen molar-refractivity contribution in [3.8, 4) is 0 Å². The van der Waals surface area contributed by atoms with Crippen LogP contribution in [0.15, 0.2) is 24.4 Å². The van der Waals surface area contributed by atoms with Gasteiger partial charge in [0, 0.05) is 25.2 Å². The van der Waals surface area contributed by atoms with E-state index >= 15 is 0 Å². The number of hydrogen-bond acceptors (Lipinski definition) is 1. The highest BCUT2D eigenvalue weighted by Gasteiger charge is 2.11. The van der Waals surface area contributed by atoms with Gasteiger partial charge in [0.15, 0.2) is 0 Å². The molecule has 0 atom stereocenters. The number of nitrogens with zero attached hydrogens (tertiary/aromatic N) is 1. The highest BCUT2D eigenvalue weighted by molar-refractivity contribution is 5.87. The second-order valence-corrected chi connectivity index (χ2v) is 4.37. The number of fused-ring (bicyclic) bond motifs is 1. The Hall–Kier alpha value is -1.28. The third-order valence-corrected chi connectivity index (χ3v) is 2.96. The molecule has 0 aliphatic rings. The Morgan fingerprint density at radius 2 is 2.07 bits per heavy atom. The summed E-state index contributed by atoms with van der Waals surface area (Å²) in [6, 6.07) is 6.38. The SMILES string of the molecule is CC(C)c1cn(C)c2c(CN)cccc12. The predicted molar refractivity (Wildman–Crippen MR) is 64.9 cm³/mol. The molecule has 0 saturated heterocycles. The number of rotatable bonds is 2. The van der Waals surface area contributed by atoms with E-state index in [0.29, 0.717) is 12.5 Å². The Labute approximate surface area is 90.7 Å². The van der Waals surface area contributed by atoms with Crippen LogP contribution in [0.4, 0.5) is 0 Å². The van der Waals surface area contributed by atoms with E-state index < -0.39 is 0 Å². The third-order valence-electron chi connectivity index (χ3n) is 2.96. The minimum absolute atomic E-state index is 0.557. The maximum absolute atomic E-state index is 5.76. The van der Waals surface area contributed by atoms with Crippen molar-refractivity contribution >= 4 is 10.9 Å². The average molecular weight is 202 g/mol. The fraction of sp³-hybridized carbons (Fsp3) is 0.385. The Morgan fingerprint density at radius 1 is 1.33 bits per heavy atom. The van der Waals surface area contributed by atoms with Crippen molar-refractivity contribution in [2.45, 2.75) is 26.3 Å². The summed E-state index contributed by atoms with van der Waals surface area (Å²) < 4.78 is 2.19. The summed E-state index contributed by atoms with van der Waals surface area (Å²) in [6.07, 6.45) is 2.22. The molecule has 0 radical (unpaired) electrons. The molecule has 2 aromatic rings. The molecular formula is C13H18N2. The minimum atomic E-state index is 0.557. The number of benzene rings is 1. The van der Waals surface area contributed by atoms with Crippen LogP contribution < -0.4 is 5.73 Å². The summed E-state index contributed by atoms with van der Waals surface area (Å²) in [6.45, 7) is 5.06. The summed E-state index contributed by atoms with van der Waals surface area (Å²) in [7, 11) is 2.09. The first kappa shape index (κ1) is 10.2. The molecule has 0 fully saturated rings. The Balaban J connectivity index is 2.79. The van der Waals surface area contributed by atoms with E-state index in [4.69, 9.17) is 5.73 Å². The Morgan fingerprint density at radius 3 is 2.67 bits per heavy atom. The first-order valence-corrected chi connectivity index (χ1v) is 5.42. The molecule has 0 saturated carbocycles. The van der Waals surface area contributed by atoms with Crippen LogP contribution in [0.1, 0.15) is 30.9 Å². The van der Waals surface area contributed by atoms with Crippen LogP contribution in [0, 0.1) is 0 Å². The van der Waals surface area contributed by atoms with Crippen LogP contribution >= 0.6 is 0 Å². The lowest BCUT2D eigenvalue weighted by molar-refractivity contribution is 0.856. The average Bonchev–Trinajstić information content (AvgIpc) is 2.56. The molecule has 0 unspecified atom stereocenters. The molecular weight excluding hydrogens is 184 g/mol. The summed E-state index contributed by atoms with van der Waals surface area (Å²) in [5, 5.41) is 1.34. The largest absolute Gasteiger partial charge is 0.350 e. The van der Waals surface area contributed by atoms with Crippen molar-refractivity contribution < 1.29 is 0 Å². The van der Waals surface area contributed by atoms with Gasteiger partial charge in [0.05, 0.1) is 5.52 Å². The molecule has 2 heteroatoms. The van der Waals surface area contributed by atoms with Crippen LogP contribution in [-0.4, -0.2) is 4.57 Å². The van der Waals surface area contributed by atoms with E-state index in [1.807, 2.05) is 0 Å². The number of para-hydroxylation sites is 1. The van der Waals surface area contributed by atoms with Crippen molar-refractivity contribution in [3.05, 3.63) is 35.5 Å². The highest BCUT2D eigenvalue weighted by Crippen LogP contribution is 2.28. The number of aryl methyl sites for hydroxylation is 1. The summed E-state index contributed by atoms with van der Waals surface area (Å²) in [5.41, 5.74) is 9.67. The topological polar surface area (TPSA) is 30.9 Å². The van der Waals surface area contributed by atoms with Gasteiger partial charge in [-0.1, -0.05) is 32.0 Å². The lowest BCUT2D eigenvalue weighted by atomic mass is 10.0. The molecule has 0 amide bonds. The number of hydrogen-bond donors (Lipinski definition) is 1. The van der Waals surface area contributed by atoms with E-state index in [1.54, 1.807) is 0 Å². The van der Waals surface area contributed by atoms with Gasteiger partial charge < -0.3 is 10.3 Å². The monoisotopic (exact) mass is 202 g/mol. The lowest BCUT2D eigenvalue weighted by Crippen LogP contribution is -1.99. The van der Waals surface area contributed by atoms with E-state index in [-0.39, 0.29) is 0 Å². The van der Waals surface area contributed by atoms with Gasteiger partial charge in [0.1, 0.15) is 0 Å². The maximum atomic E-state index is 5.76. The number of aromatic nitrogens is 1. The zero-order valence-electron chi connectivity index (χ0n) is 9.62. The third kappa shape index (κ3) is 1.55. The molecule has 15 heavy (non-hydrogen) atoms. The maximum Gasteiger partial charge on any atom is 0.0526 e. The molecule has 2 rings (SSSR count). The van der Waals surface area contributed by atoms with E-state index in [0.717, 1.165) is 0 Å². The van der Waals surface area contributed by atoms with Gasteiger partial charge in [-0.25, -0.2) is 0 Å². The Bertz CT molecular complexity index is 480. The number of nitrogens with two attached hydrogens (primary N) is 1. The van der Waals surface area contributed by atoms with E-state index in [2.05, 4.69) is 49.9 Å². The van der Waals surface area contributed by atoms with Gasteiger partial charge >= 0.3 is 0 Å². The minimum Gasteiger partial charge on any atom is -0.350 e. The fourth-order valence-corrected chi connectivity index (χ4v) is 2.21. The molecule has 0 aliphatic carbocycles. The molecule has 1 heterocycles. The van der Waals surface area contributed by atoms with Crippen molar-refractivity contribution in [2.75, 3.05) is 0 Å². The zero-order valence-corrected chi connectivity index (χ0v) is 9.62. The van der Waals surface area contributed by atoms with Crippen LogP contribution in [0.2, 0.25) is 0 Å². The van der Waals surface area contributed by atoms with Crippen LogP contribution in [0.25, 0.3) is 10.9 Å². The molecule has 1 aromatic carbocycles. The highest BCUT2D eigenvalue weighted by atomic mass is 14.9. The molecule has 0 bridgehead atoms. The first-order valence-electron chi connectivity index (χ1n) is 5.42. The molecule has 0 aliphatic heterocycles. The van der Waals surface area contributed by atoms with E-state index in [1.165, 1.54) is 22.0 Å². The first-order chi connectivity index (χ1) is 7.15. The van der Waals surface area contributed by atoms with Crippen molar-refractivity contribution in [1.82, 2.24) is 4.57 Å². The molecule has 1 aromatic heterocycles. The van der Waals surface area contributed by atoms with Gasteiger partial charge in [-0.3, -0.25) is 0 Å². The molecule has 0 spiro atoms. The fourth-order valence-electron chi connectivity index (χ4n) is 2.21. The molecule has 2 nitrogen and oxygen atoms in total. The predicted octanol–water partition coefficient (Wildman–Crippen LogP) is 2.76. The quantitative estimate of drug-likeness (QED) is 0.797. The van der Waals surface area contributed by atoms with Crippen molar-refractivity contribution in [3.63, 3.8) is 0 Å². The molecule has 2 N–H and O–H groups in total. The van der Waals surface area contributed by atoms with Crippen molar-refractivity contribution in [1.29, 1.82) is 0 Å². The van der Waals surface area contributed by atoms with Crippen LogP contribution in [-0.2, 0) is 13.6 Å². The standard InChI is InChI=1S/C13H18N2/c1-9(2)12-8-15(3)13-10(7-14)5-4-6-11(12)13/h4-6,8-9H,7,14H2,1-3H3. The van der Waals surface area contributed by atoms with E-state index in [9.17, 15) is 0 Å². The van der Waals surface area contributed by atoms with Crippen molar-refractivity contribution in [2.24, 2.45) is 12.8 Å². The molecule has 80 valence electrons. The van der Waals surface area contributed by atoms with Crippen LogP contribution in [0.3, 0.4) is 0 Å². The zero-order chi connectivity index (χ0) is 11.0. The second-order valence-electron chi connectivity index (χ2n) is 4.37. The summed E-state index contributed by atoms with van der Waals surface area (Å²) >= 11 is 0. The van der Waals surface area contributed by atoms with Gasteiger partial charge in [0.25, 0.3) is 0 Å². The van der Waals surface area contributed by atoms with Crippen LogP contribution in [0.5, 0.6) is 0 Å². The lowest BCUT2D eigenvalue weighted by Gasteiger charge is -2.04. The summed E-state index contributed by atoms with van der Waals surface area (Å²) in [5.74, 6) is 0.557. The Kier molecular flexibility index (Phi) is 2.53. The van der Waals surface area contributed by atoms with Gasteiger partial charge in [-0.15, -0.1) is 0 Å². The van der Waals surface area contributed by atoms with Gasteiger partial charge in [0.2, 0.25) is 0 Å². The normalized spacial score (nSPS) is 11.5. The van der Waals surface area contributed by atoms with Gasteiger partial charge in [-0.2, -0.15) is 0 Å².